The number of nitrogens with zero attached hydrogens (tertiary/aromatic N) is 1. The molecule has 0 radical (unpaired) electrons. The van der Waals surface area contributed by atoms with Gasteiger partial charge >= 0.3 is 12.2 Å². The van der Waals surface area contributed by atoms with E-state index in [4.69, 9.17) is 23.7 Å². The first-order valence-corrected chi connectivity index (χ1v) is 14.1. The Morgan fingerprint density at radius 3 is 2.32 bits per heavy atom. The van der Waals surface area contributed by atoms with Crippen molar-refractivity contribution in [1.29, 1.82) is 0 Å². The van der Waals surface area contributed by atoms with E-state index in [0.29, 0.717) is 48.7 Å². The van der Waals surface area contributed by atoms with Crippen molar-refractivity contribution in [2.75, 3.05) is 27.4 Å². The SMILES string of the molecule is COCCCOc1cc(C[C@@H](C[C@H]2[C@@H](OC(=O)OC(C)(C)C)CC(=C(C)C)C(=O)N2C(=O)O)C(C)C)ccc1OC. The highest BCUT2D eigenvalue weighted by Gasteiger charge is 2.46. The second-order valence-corrected chi connectivity index (χ2v) is 12.0. The molecule has 10 heteroatoms. The van der Waals surface area contributed by atoms with Gasteiger partial charge in [0.15, 0.2) is 11.5 Å². The van der Waals surface area contributed by atoms with Crippen molar-refractivity contribution < 1.29 is 43.2 Å². The maximum absolute atomic E-state index is 13.3. The number of amides is 2. The maximum Gasteiger partial charge on any atom is 0.509 e. The molecule has 1 aromatic rings. The number of likely N-dealkylation sites (tertiary alicyclic amines) is 1. The summed E-state index contributed by atoms with van der Waals surface area (Å²) < 4.78 is 27.6. The van der Waals surface area contributed by atoms with Crippen LogP contribution in [0.5, 0.6) is 11.5 Å². The number of carboxylic acid groups (broad SMARTS) is 1. The molecule has 230 valence electrons. The number of benzene rings is 1. The molecule has 2 rings (SSSR count). The minimum absolute atomic E-state index is 0.0534. The second kappa shape index (κ2) is 15.1. The number of ether oxygens (including phenoxy) is 5. The van der Waals surface area contributed by atoms with E-state index in [-0.39, 0.29) is 18.3 Å². The number of piperidine rings is 1. The number of allylic oxidation sites excluding steroid dienone is 1. The zero-order valence-corrected chi connectivity index (χ0v) is 25.9. The van der Waals surface area contributed by atoms with Gasteiger partial charge in [-0.3, -0.25) is 4.79 Å². The second-order valence-electron chi connectivity index (χ2n) is 12.0. The highest BCUT2D eigenvalue weighted by molar-refractivity contribution is 6.03. The van der Waals surface area contributed by atoms with Crippen molar-refractivity contribution in [1.82, 2.24) is 4.90 Å². The monoisotopic (exact) mass is 577 g/mol. The largest absolute Gasteiger partial charge is 0.509 e. The van der Waals surface area contributed by atoms with Crippen LogP contribution in [0, 0.1) is 11.8 Å². The molecule has 1 fully saturated rings. The van der Waals surface area contributed by atoms with E-state index < -0.39 is 35.9 Å². The van der Waals surface area contributed by atoms with E-state index in [1.165, 1.54) is 0 Å². The van der Waals surface area contributed by atoms with Gasteiger partial charge in [-0.2, -0.15) is 0 Å². The van der Waals surface area contributed by atoms with E-state index in [2.05, 4.69) is 13.8 Å². The smallest absolute Gasteiger partial charge is 0.493 e. The summed E-state index contributed by atoms with van der Waals surface area (Å²) in [4.78, 5) is 39.3. The topological polar surface area (TPSA) is 121 Å². The average molecular weight is 578 g/mol. The maximum atomic E-state index is 13.3. The first kappa shape index (κ1) is 33.9. The molecule has 41 heavy (non-hydrogen) atoms. The van der Waals surface area contributed by atoms with Gasteiger partial charge in [-0.25, -0.2) is 14.5 Å². The molecular weight excluding hydrogens is 530 g/mol. The van der Waals surface area contributed by atoms with Crippen molar-refractivity contribution >= 4 is 18.2 Å². The van der Waals surface area contributed by atoms with Gasteiger partial charge in [-0.15, -0.1) is 0 Å². The summed E-state index contributed by atoms with van der Waals surface area (Å²) in [7, 11) is 3.22. The Morgan fingerprint density at radius 2 is 1.78 bits per heavy atom. The third kappa shape index (κ3) is 9.95. The number of rotatable bonds is 12. The lowest BCUT2D eigenvalue weighted by Crippen LogP contribution is -2.56. The molecule has 0 spiro atoms. The summed E-state index contributed by atoms with van der Waals surface area (Å²) in [5.74, 6) is 0.721. The highest BCUT2D eigenvalue weighted by Crippen LogP contribution is 2.36. The van der Waals surface area contributed by atoms with Gasteiger partial charge in [-0.05, 0) is 77.0 Å². The molecule has 1 aliphatic rings. The molecule has 0 bridgehead atoms. The number of hydrogen-bond acceptors (Lipinski definition) is 8. The van der Waals surface area contributed by atoms with Crippen molar-refractivity contribution in [3.05, 3.63) is 34.9 Å². The molecular formula is C31H47NO9. The normalized spacial score (nSPS) is 18.2. The van der Waals surface area contributed by atoms with Crippen molar-refractivity contribution in [3.8, 4) is 11.5 Å². The molecule has 0 aromatic heterocycles. The minimum Gasteiger partial charge on any atom is -0.493 e. The fraction of sp³-hybridized carbons (Fsp3) is 0.645. The number of hydrogen-bond donors (Lipinski definition) is 1. The predicted octanol–water partition coefficient (Wildman–Crippen LogP) is 6.25. The number of carbonyl (C=O) groups excluding carboxylic acids is 2. The van der Waals surface area contributed by atoms with Crippen LogP contribution in [-0.2, 0) is 25.4 Å². The number of carbonyl (C=O) groups is 3. The van der Waals surface area contributed by atoms with E-state index in [1.54, 1.807) is 48.8 Å². The Bertz CT molecular complexity index is 1090. The predicted molar refractivity (Wildman–Crippen MR) is 154 cm³/mol. The molecule has 0 unspecified atom stereocenters. The Balaban J connectivity index is 2.40. The summed E-state index contributed by atoms with van der Waals surface area (Å²) in [6.07, 6.45) is -1.44. The van der Waals surface area contributed by atoms with Crippen molar-refractivity contribution in [2.24, 2.45) is 11.8 Å². The summed E-state index contributed by atoms with van der Waals surface area (Å²) in [5, 5.41) is 10.1. The Hall–Kier alpha value is -3.27. The summed E-state index contributed by atoms with van der Waals surface area (Å²) in [6, 6.07) is 4.85. The van der Waals surface area contributed by atoms with Gasteiger partial charge in [-0.1, -0.05) is 25.5 Å². The van der Waals surface area contributed by atoms with Crippen LogP contribution in [0.25, 0.3) is 0 Å². The first-order chi connectivity index (χ1) is 19.2. The molecule has 0 saturated carbocycles. The Kier molecular flexibility index (Phi) is 12.5. The molecule has 2 amide bonds. The zero-order chi connectivity index (χ0) is 30.9. The van der Waals surface area contributed by atoms with Gasteiger partial charge in [0.25, 0.3) is 5.91 Å². The molecule has 0 aliphatic carbocycles. The van der Waals surface area contributed by atoms with Crippen LogP contribution >= 0.6 is 0 Å². The van der Waals surface area contributed by atoms with Gasteiger partial charge in [0.2, 0.25) is 0 Å². The molecule has 1 aromatic carbocycles. The van der Waals surface area contributed by atoms with E-state index in [0.717, 1.165) is 16.9 Å². The summed E-state index contributed by atoms with van der Waals surface area (Å²) in [5.41, 5.74) is 1.18. The van der Waals surface area contributed by atoms with Crippen LogP contribution in [0.4, 0.5) is 9.59 Å². The van der Waals surface area contributed by atoms with Crippen LogP contribution in [0.3, 0.4) is 0 Å². The van der Waals surface area contributed by atoms with Gasteiger partial charge in [0, 0.05) is 32.1 Å². The van der Waals surface area contributed by atoms with Crippen molar-refractivity contribution in [2.45, 2.75) is 91.9 Å². The lowest BCUT2D eigenvalue weighted by Gasteiger charge is -2.41. The van der Waals surface area contributed by atoms with Crippen LogP contribution in [0.1, 0.15) is 73.3 Å². The lowest BCUT2D eigenvalue weighted by atomic mass is 9.80. The minimum atomic E-state index is -1.38. The van der Waals surface area contributed by atoms with Gasteiger partial charge < -0.3 is 28.8 Å². The van der Waals surface area contributed by atoms with Gasteiger partial charge in [0.1, 0.15) is 11.7 Å². The number of imide groups is 1. The zero-order valence-electron chi connectivity index (χ0n) is 25.9. The van der Waals surface area contributed by atoms with Crippen molar-refractivity contribution in [3.63, 3.8) is 0 Å². The highest BCUT2D eigenvalue weighted by atomic mass is 16.7. The molecule has 1 heterocycles. The van der Waals surface area contributed by atoms with Crippen LogP contribution in [0.2, 0.25) is 0 Å². The molecule has 1 saturated heterocycles. The molecule has 1 aliphatic heterocycles. The summed E-state index contributed by atoms with van der Waals surface area (Å²) in [6.45, 7) is 13.8. The quantitative estimate of drug-likeness (QED) is 0.174. The van der Waals surface area contributed by atoms with E-state index in [9.17, 15) is 19.5 Å². The fourth-order valence-electron chi connectivity index (χ4n) is 4.86. The number of methoxy groups -OCH3 is 2. The average Bonchev–Trinajstić information content (AvgIpc) is 2.86. The lowest BCUT2D eigenvalue weighted by molar-refractivity contribution is -0.135. The van der Waals surface area contributed by atoms with Crippen LogP contribution in [-0.4, -0.2) is 73.3 Å². The molecule has 10 nitrogen and oxygen atoms in total. The van der Waals surface area contributed by atoms with Gasteiger partial charge in [0.05, 0.1) is 19.8 Å². The first-order valence-electron chi connectivity index (χ1n) is 14.1. The molecule has 1 N–H and O–H groups in total. The summed E-state index contributed by atoms with van der Waals surface area (Å²) >= 11 is 0. The van der Waals surface area contributed by atoms with Crippen LogP contribution < -0.4 is 9.47 Å². The molecule has 3 atom stereocenters. The Morgan fingerprint density at radius 1 is 1.10 bits per heavy atom. The van der Waals surface area contributed by atoms with E-state index >= 15 is 0 Å². The standard InChI is InChI=1S/C31H47NO9/c1-19(2)22(15-21-11-12-25(38-9)27(16-21)39-14-10-13-37-8)17-24-26(40-30(36)41-31(5,6)7)18-23(20(3)4)28(33)32(24)29(34)35/h11-12,16,19,22,24,26H,10,13-15,17-18H2,1-9H3,(H,34,35)/t22-,24-,26-/m0/s1. The van der Waals surface area contributed by atoms with E-state index in [1.807, 2.05) is 18.2 Å². The third-order valence-electron chi connectivity index (χ3n) is 7.05. The Labute approximate surface area is 243 Å². The third-order valence-corrected chi connectivity index (χ3v) is 7.05. The van der Waals surface area contributed by atoms with Crippen LogP contribution in [0.15, 0.2) is 29.3 Å². The fourth-order valence-corrected chi connectivity index (χ4v) is 4.86.